The Kier molecular flexibility index (Phi) is 18.8. The van der Waals surface area contributed by atoms with Crippen LogP contribution in [0.3, 0.4) is 0 Å². The molecule has 3 heterocycles. The lowest BCUT2D eigenvalue weighted by Gasteiger charge is -2.20. The molecular formula is C31H54N6. The number of nitrogens with zero attached hydrogens (tertiary/aromatic N) is 4. The van der Waals surface area contributed by atoms with Crippen LogP contribution in [0.5, 0.6) is 0 Å². The highest BCUT2D eigenvalue weighted by atomic mass is 15.2. The monoisotopic (exact) mass is 510 g/mol. The average Bonchev–Trinajstić information content (AvgIpc) is 3.31. The maximum atomic E-state index is 4.81. The summed E-state index contributed by atoms with van der Waals surface area (Å²) in [4.78, 5) is 13.6. The quantitative estimate of drug-likeness (QED) is 0.252. The minimum absolute atomic E-state index is 0.407. The molecule has 37 heavy (non-hydrogen) atoms. The van der Waals surface area contributed by atoms with E-state index in [4.69, 9.17) is 4.98 Å². The number of rotatable bonds is 11. The number of fused-ring (bicyclic) bond motifs is 1. The fraction of sp³-hybridized carbons (Fsp3) is 0.581. The highest BCUT2D eigenvalue weighted by molar-refractivity contribution is 5.83. The van der Waals surface area contributed by atoms with Gasteiger partial charge in [0.05, 0.1) is 0 Å². The maximum Gasteiger partial charge on any atom is 0.230 e. The Labute approximate surface area is 227 Å². The number of anilines is 2. The minimum Gasteiger partial charge on any atom is -0.322 e. The third kappa shape index (κ3) is 11.5. The van der Waals surface area contributed by atoms with Crippen LogP contribution >= 0.6 is 0 Å². The molecule has 0 aliphatic heterocycles. The molecule has 0 spiro atoms. The lowest BCUT2D eigenvalue weighted by atomic mass is 10.1. The molecule has 3 rings (SSSR count). The molecule has 0 saturated carbocycles. The molecule has 2 N–H and O–H groups in total. The van der Waals surface area contributed by atoms with Gasteiger partial charge in [0.25, 0.3) is 0 Å². The lowest BCUT2D eigenvalue weighted by Crippen LogP contribution is -2.14. The van der Waals surface area contributed by atoms with E-state index in [1.165, 1.54) is 25.9 Å². The number of hydrogen-bond donors (Lipinski definition) is 2. The molecule has 0 bridgehead atoms. The van der Waals surface area contributed by atoms with E-state index in [9.17, 15) is 0 Å². The van der Waals surface area contributed by atoms with Crippen molar-refractivity contribution < 1.29 is 0 Å². The normalized spacial score (nSPS) is 10.8. The Hall–Kier alpha value is -2.73. The van der Waals surface area contributed by atoms with Gasteiger partial charge >= 0.3 is 0 Å². The van der Waals surface area contributed by atoms with Crippen molar-refractivity contribution in [3.63, 3.8) is 0 Å². The summed E-state index contributed by atoms with van der Waals surface area (Å²) in [5.74, 6) is 1.31. The summed E-state index contributed by atoms with van der Waals surface area (Å²) in [6.07, 6.45) is 9.52. The summed E-state index contributed by atoms with van der Waals surface area (Å²) in [7, 11) is 0. The van der Waals surface area contributed by atoms with Crippen LogP contribution in [0.4, 0.5) is 11.8 Å². The second kappa shape index (κ2) is 20.3. The first-order chi connectivity index (χ1) is 17.9. The predicted octanol–water partition coefficient (Wildman–Crippen LogP) is 9.11. The van der Waals surface area contributed by atoms with Crippen LogP contribution < -0.4 is 10.6 Å². The number of pyridine rings is 1. The van der Waals surface area contributed by atoms with E-state index in [0.717, 1.165) is 52.9 Å². The number of aromatic nitrogens is 4. The van der Waals surface area contributed by atoms with Gasteiger partial charge in [-0.2, -0.15) is 4.98 Å². The number of nitrogens with one attached hydrogen (secondary N) is 2. The zero-order valence-corrected chi connectivity index (χ0v) is 25.4. The molecule has 0 fully saturated rings. The van der Waals surface area contributed by atoms with Crippen molar-refractivity contribution in [1.82, 2.24) is 24.8 Å². The van der Waals surface area contributed by atoms with E-state index >= 15 is 0 Å². The molecule has 0 amide bonds. The maximum absolute atomic E-state index is 4.81. The Balaban J connectivity index is 0.00000101. The van der Waals surface area contributed by atoms with Gasteiger partial charge in [-0.3, -0.25) is 0 Å². The van der Waals surface area contributed by atoms with Crippen LogP contribution in [-0.2, 0) is 0 Å². The highest BCUT2D eigenvalue weighted by Gasteiger charge is 2.18. The molecule has 6 nitrogen and oxygen atoms in total. The van der Waals surface area contributed by atoms with Gasteiger partial charge in [-0.1, -0.05) is 74.5 Å². The van der Waals surface area contributed by atoms with Gasteiger partial charge in [0, 0.05) is 29.5 Å². The number of aryl methyl sites for hydroxylation is 1. The Morgan fingerprint density at radius 1 is 0.946 bits per heavy atom. The molecule has 0 radical (unpaired) electrons. The van der Waals surface area contributed by atoms with E-state index in [1.807, 2.05) is 66.1 Å². The first kappa shape index (κ1) is 34.3. The zero-order chi connectivity index (χ0) is 28.2. The van der Waals surface area contributed by atoms with Gasteiger partial charge < -0.3 is 15.2 Å². The summed E-state index contributed by atoms with van der Waals surface area (Å²) < 4.78 is 2.33. The molecule has 3 aromatic rings. The highest BCUT2D eigenvalue weighted by Crippen LogP contribution is 2.31. The van der Waals surface area contributed by atoms with Crippen molar-refractivity contribution in [1.29, 1.82) is 0 Å². The van der Waals surface area contributed by atoms with Crippen molar-refractivity contribution in [2.24, 2.45) is 0 Å². The van der Waals surface area contributed by atoms with Crippen LogP contribution in [0.2, 0.25) is 0 Å². The molecule has 0 saturated heterocycles. The number of allylic oxidation sites excluding steroid dienone is 1. The first-order valence-electron chi connectivity index (χ1n) is 14.4. The van der Waals surface area contributed by atoms with E-state index in [0.29, 0.717) is 12.0 Å². The molecule has 208 valence electrons. The van der Waals surface area contributed by atoms with Crippen molar-refractivity contribution in [3.05, 3.63) is 48.4 Å². The smallest absolute Gasteiger partial charge is 0.230 e. The Morgan fingerprint density at radius 2 is 1.59 bits per heavy atom. The summed E-state index contributed by atoms with van der Waals surface area (Å²) in [6, 6.07) is 6.51. The fourth-order valence-corrected chi connectivity index (χ4v) is 3.75. The van der Waals surface area contributed by atoms with Crippen LogP contribution in [0.1, 0.15) is 112 Å². The largest absolute Gasteiger partial charge is 0.322 e. The van der Waals surface area contributed by atoms with Crippen LogP contribution in [-0.4, -0.2) is 32.6 Å². The first-order valence-corrected chi connectivity index (χ1v) is 14.4. The molecule has 1 unspecified atom stereocenters. The second-order valence-electron chi connectivity index (χ2n) is 8.60. The van der Waals surface area contributed by atoms with Crippen LogP contribution in [0, 0.1) is 6.92 Å². The summed E-state index contributed by atoms with van der Waals surface area (Å²) in [5.41, 5.74) is 4.26. The predicted molar refractivity (Wildman–Crippen MR) is 165 cm³/mol. The zero-order valence-electron chi connectivity index (χ0n) is 25.4. The molecular weight excluding hydrogens is 456 g/mol. The fourth-order valence-electron chi connectivity index (χ4n) is 3.75. The minimum atomic E-state index is 0.407. The van der Waals surface area contributed by atoms with Crippen LogP contribution in [0.15, 0.2) is 37.2 Å². The van der Waals surface area contributed by atoms with Crippen molar-refractivity contribution >= 4 is 28.4 Å². The summed E-state index contributed by atoms with van der Waals surface area (Å²) in [5, 5.41) is 7.54. The molecule has 1 atom stereocenters. The van der Waals surface area contributed by atoms with Gasteiger partial charge in [-0.25, -0.2) is 9.97 Å². The molecule has 3 aromatic heterocycles. The van der Waals surface area contributed by atoms with Crippen molar-refractivity contribution in [2.45, 2.75) is 107 Å². The molecule has 6 heteroatoms. The Bertz CT molecular complexity index is 987. The van der Waals surface area contributed by atoms with E-state index < -0.39 is 0 Å². The third-order valence-corrected chi connectivity index (χ3v) is 5.48. The van der Waals surface area contributed by atoms with Gasteiger partial charge in [-0.05, 0) is 75.9 Å². The van der Waals surface area contributed by atoms with Gasteiger partial charge in [-0.15, -0.1) is 0 Å². The molecule has 0 aromatic carbocycles. The van der Waals surface area contributed by atoms with Crippen molar-refractivity contribution in [2.75, 3.05) is 18.4 Å². The van der Waals surface area contributed by atoms with E-state index in [2.05, 4.69) is 65.5 Å². The number of hydrogen-bond acceptors (Lipinski definition) is 5. The van der Waals surface area contributed by atoms with Gasteiger partial charge in [0.1, 0.15) is 11.5 Å². The summed E-state index contributed by atoms with van der Waals surface area (Å²) in [6.45, 7) is 27.4. The average molecular weight is 511 g/mol. The standard InChI is InChI=1S/C21H27N5.C6H15N.2C2H6/c1-6-8-17(7-2)26-18(14(3)4)11-16-13-23-21(25-20(16)26)24-19-10-9-15(5)12-22-19;1-3-5-7-6-4-2;2*1-2/h9-13,17H,3,6-8H2,1-2,4-5H3,(H,22,23,24,25);7H,3-6H2,1-2H3;2*1-2H3. The molecule has 0 aliphatic rings. The molecule has 0 aliphatic carbocycles. The lowest BCUT2D eigenvalue weighted by molar-refractivity contribution is 0.455. The van der Waals surface area contributed by atoms with Gasteiger partial charge in [0.15, 0.2) is 0 Å². The SMILES string of the molecule is C=C(C)c1cc2cnc(Nc3ccc(C)cn3)nc2n1C(CC)CCC.CC.CC.CCCNCCC. The topological polar surface area (TPSA) is 67.7 Å². The summed E-state index contributed by atoms with van der Waals surface area (Å²) >= 11 is 0. The van der Waals surface area contributed by atoms with Crippen LogP contribution in [0.25, 0.3) is 16.6 Å². The van der Waals surface area contributed by atoms with Crippen molar-refractivity contribution in [3.8, 4) is 0 Å². The van der Waals surface area contributed by atoms with Gasteiger partial charge in [0.2, 0.25) is 5.95 Å². The van der Waals surface area contributed by atoms with E-state index in [-0.39, 0.29) is 0 Å². The third-order valence-electron chi connectivity index (χ3n) is 5.48. The van der Waals surface area contributed by atoms with E-state index in [1.54, 1.807) is 0 Å². The Morgan fingerprint density at radius 3 is 2.08 bits per heavy atom. The second-order valence-corrected chi connectivity index (χ2v) is 8.60.